The summed E-state index contributed by atoms with van der Waals surface area (Å²) in [5.41, 5.74) is 7.06. The second-order valence-corrected chi connectivity index (χ2v) is 9.08. The van der Waals surface area contributed by atoms with Crippen LogP contribution in [0.1, 0.15) is 40.3 Å². The Morgan fingerprint density at radius 1 is 1.11 bits per heavy atom. The number of esters is 1. The van der Waals surface area contributed by atoms with Crippen LogP contribution in [0.5, 0.6) is 5.75 Å². The maximum Gasteiger partial charge on any atom is 0.330 e. The molecule has 0 bridgehead atoms. The van der Waals surface area contributed by atoms with Crippen LogP contribution in [0.3, 0.4) is 0 Å². The number of rotatable bonds is 8. The molecule has 1 aromatic heterocycles. The summed E-state index contributed by atoms with van der Waals surface area (Å²) in [6.45, 7) is 1.56. The zero-order valence-electron chi connectivity index (χ0n) is 19.9. The minimum atomic E-state index is -0.352. The highest BCUT2D eigenvalue weighted by Crippen LogP contribution is 2.38. The first-order valence-corrected chi connectivity index (χ1v) is 12.1. The van der Waals surface area contributed by atoms with Crippen LogP contribution in [-0.2, 0) is 28.9 Å². The number of carbonyl (C=O) groups is 1. The molecule has 0 aliphatic heterocycles. The van der Waals surface area contributed by atoms with E-state index < -0.39 is 0 Å². The second-order valence-electron chi connectivity index (χ2n) is 9.08. The number of aryl methyl sites for hydroxylation is 1. The van der Waals surface area contributed by atoms with Crippen LogP contribution in [0.2, 0.25) is 0 Å². The van der Waals surface area contributed by atoms with E-state index in [4.69, 9.17) is 4.74 Å². The van der Waals surface area contributed by atoms with E-state index in [9.17, 15) is 9.90 Å². The number of phenolic OH excluding ortho intramolecular Hbond substituents is 1. The third-order valence-electron chi connectivity index (χ3n) is 6.98. The Morgan fingerprint density at radius 2 is 1.94 bits per heavy atom. The van der Waals surface area contributed by atoms with E-state index in [2.05, 4.69) is 58.5 Å². The molecule has 0 spiro atoms. The molecule has 1 heterocycles. The molecule has 35 heavy (non-hydrogen) atoms. The number of nitrogens with one attached hydrogen (secondary N) is 1. The molecule has 0 saturated carbocycles. The topological polar surface area (TPSA) is 65.6 Å². The molecule has 5 heteroatoms. The summed E-state index contributed by atoms with van der Waals surface area (Å²) in [6, 6.07) is 22.7. The minimum absolute atomic E-state index is 0.272. The Labute approximate surface area is 205 Å². The van der Waals surface area contributed by atoms with Gasteiger partial charge in [-0.05, 0) is 59.7 Å². The number of benzene rings is 3. The Balaban J connectivity index is 1.41. The molecule has 1 unspecified atom stereocenters. The van der Waals surface area contributed by atoms with Gasteiger partial charge in [0.1, 0.15) is 5.75 Å². The fraction of sp³-hybridized carbons (Fsp3) is 0.233. The lowest BCUT2D eigenvalue weighted by Gasteiger charge is -2.30. The number of phenols is 1. The Hall–Kier alpha value is -3.83. The number of aromatic nitrogens is 1. The number of methoxy groups -OCH3 is 1. The van der Waals surface area contributed by atoms with E-state index in [0.29, 0.717) is 12.3 Å². The molecule has 0 saturated heterocycles. The number of nitrogens with zero attached hydrogens (tertiary/aromatic N) is 1. The molecule has 0 amide bonds. The lowest BCUT2D eigenvalue weighted by atomic mass is 10.0. The van der Waals surface area contributed by atoms with Gasteiger partial charge >= 0.3 is 5.97 Å². The largest absolute Gasteiger partial charge is 0.508 e. The molecule has 1 aliphatic carbocycles. The molecule has 0 radical (unpaired) electrons. The van der Waals surface area contributed by atoms with Gasteiger partial charge in [-0.1, -0.05) is 54.6 Å². The van der Waals surface area contributed by atoms with E-state index in [0.717, 1.165) is 42.5 Å². The normalized spacial score (nSPS) is 15.2. The summed E-state index contributed by atoms with van der Waals surface area (Å²) in [6.07, 6.45) is 8.32. The third-order valence-corrected chi connectivity index (χ3v) is 6.98. The first-order chi connectivity index (χ1) is 17.1. The summed E-state index contributed by atoms with van der Waals surface area (Å²) in [5.74, 6) is -0.0133. The summed E-state index contributed by atoms with van der Waals surface area (Å²) in [4.78, 5) is 17.4. The summed E-state index contributed by atoms with van der Waals surface area (Å²) < 4.78 is 4.71. The molecular formula is C30H30N2O3. The van der Waals surface area contributed by atoms with Gasteiger partial charge in [-0.2, -0.15) is 0 Å². The number of para-hydroxylation sites is 2. The van der Waals surface area contributed by atoms with E-state index in [1.165, 1.54) is 35.3 Å². The average molecular weight is 467 g/mol. The van der Waals surface area contributed by atoms with E-state index in [1.54, 1.807) is 12.1 Å². The summed E-state index contributed by atoms with van der Waals surface area (Å²) >= 11 is 0. The highest BCUT2D eigenvalue weighted by Gasteiger charge is 2.28. The molecule has 0 fully saturated rings. The number of fused-ring (bicyclic) bond motifs is 2. The van der Waals surface area contributed by atoms with Crippen LogP contribution in [0.25, 0.3) is 17.0 Å². The van der Waals surface area contributed by atoms with Crippen molar-refractivity contribution >= 4 is 22.9 Å². The number of aromatic amines is 1. The van der Waals surface area contributed by atoms with Crippen molar-refractivity contribution in [3.63, 3.8) is 0 Å². The van der Waals surface area contributed by atoms with Crippen LogP contribution in [-0.4, -0.2) is 34.6 Å². The number of carbonyl (C=O) groups excluding carboxylic acids is 1. The summed E-state index contributed by atoms with van der Waals surface area (Å²) in [7, 11) is 1.38. The number of hydrogen-bond acceptors (Lipinski definition) is 4. The smallest absolute Gasteiger partial charge is 0.330 e. The Bertz CT molecular complexity index is 1370. The van der Waals surface area contributed by atoms with Crippen molar-refractivity contribution in [1.82, 2.24) is 9.88 Å². The maximum atomic E-state index is 11.5. The second kappa shape index (κ2) is 10.2. The number of hydrogen-bond donors (Lipinski definition) is 2. The SMILES string of the molecule is COC(=O)/C=C/c1ccc2c(c1)CCC2N(CCc1c[nH]c2ccccc12)Cc1ccccc1O. The molecule has 178 valence electrons. The van der Waals surface area contributed by atoms with Crippen molar-refractivity contribution in [3.05, 3.63) is 107 Å². The van der Waals surface area contributed by atoms with Gasteiger partial charge in [-0.25, -0.2) is 4.79 Å². The van der Waals surface area contributed by atoms with Gasteiger partial charge in [-0.15, -0.1) is 0 Å². The van der Waals surface area contributed by atoms with Crippen LogP contribution < -0.4 is 0 Å². The van der Waals surface area contributed by atoms with Crippen molar-refractivity contribution in [2.24, 2.45) is 0 Å². The molecule has 3 aromatic carbocycles. The van der Waals surface area contributed by atoms with Gasteiger partial charge in [-0.3, -0.25) is 4.90 Å². The Morgan fingerprint density at radius 3 is 2.80 bits per heavy atom. The first kappa shape index (κ1) is 22.9. The minimum Gasteiger partial charge on any atom is -0.508 e. The van der Waals surface area contributed by atoms with Crippen LogP contribution in [0.4, 0.5) is 0 Å². The van der Waals surface area contributed by atoms with Crippen LogP contribution >= 0.6 is 0 Å². The Kier molecular flexibility index (Phi) is 6.68. The van der Waals surface area contributed by atoms with E-state index in [-0.39, 0.29) is 12.0 Å². The van der Waals surface area contributed by atoms with Crippen molar-refractivity contribution in [3.8, 4) is 5.75 Å². The summed E-state index contributed by atoms with van der Waals surface area (Å²) in [5, 5.41) is 11.7. The maximum absolute atomic E-state index is 11.5. The predicted octanol–water partition coefficient (Wildman–Crippen LogP) is 5.79. The van der Waals surface area contributed by atoms with Crippen molar-refractivity contribution in [2.45, 2.75) is 31.8 Å². The number of aromatic hydroxyl groups is 1. The monoisotopic (exact) mass is 466 g/mol. The zero-order chi connectivity index (χ0) is 24.2. The highest BCUT2D eigenvalue weighted by molar-refractivity contribution is 5.87. The van der Waals surface area contributed by atoms with Crippen LogP contribution in [0.15, 0.2) is 79.0 Å². The molecule has 1 atom stereocenters. The lowest BCUT2D eigenvalue weighted by molar-refractivity contribution is -0.134. The molecule has 2 N–H and O–H groups in total. The van der Waals surface area contributed by atoms with Crippen LogP contribution in [0, 0.1) is 0 Å². The molecule has 5 rings (SSSR count). The average Bonchev–Trinajstić information content (AvgIpc) is 3.50. The van der Waals surface area contributed by atoms with Gasteiger partial charge in [0, 0.05) is 47.9 Å². The molecule has 4 aromatic rings. The number of ether oxygens (including phenoxy) is 1. The number of H-pyrrole nitrogens is 1. The fourth-order valence-corrected chi connectivity index (χ4v) is 5.14. The van der Waals surface area contributed by atoms with Crippen molar-refractivity contribution < 1.29 is 14.6 Å². The van der Waals surface area contributed by atoms with Gasteiger partial charge in [0.05, 0.1) is 7.11 Å². The van der Waals surface area contributed by atoms with E-state index >= 15 is 0 Å². The first-order valence-electron chi connectivity index (χ1n) is 12.1. The van der Waals surface area contributed by atoms with E-state index in [1.807, 2.05) is 18.2 Å². The quantitative estimate of drug-likeness (QED) is 0.255. The van der Waals surface area contributed by atoms with Gasteiger partial charge in [0.2, 0.25) is 0 Å². The van der Waals surface area contributed by atoms with Gasteiger partial charge < -0.3 is 14.8 Å². The predicted molar refractivity (Wildman–Crippen MR) is 139 cm³/mol. The molecule has 5 nitrogen and oxygen atoms in total. The zero-order valence-corrected chi connectivity index (χ0v) is 19.9. The molecule has 1 aliphatic rings. The van der Waals surface area contributed by atoms with Gasteiger partial charge in [0.15, 0.2) is 0 Å². The van der Waals surface area contributed by atoms with Crippen molar-refractivity contribution in [1.29, 1.82) is 0 Å². The standard InChI is InChI=1S/C30H30N2O3/c1-35-30(34)15-11-21-10-13-26-22(18-21)12-14-28(26)32(20-24-6-2-5-9-29(24)33)17-16-23-19-31-27-8-4-3-7-25(23)27/h2-11,13,15,18-19,28,31,33H,12,14,16-17,20H2,1H3/b15-11+. The van der Waals surface area contributed by atoms with Crippen molar-refractivity contribution in [2.75, 3.05) is 13.7 Å². The fourth-order valence-electron chi connectivity index (χ4n) is 5.14. The highest BCUT2D eigenvalue weighted by atomic mass is 16.5. The lowest BCUT2D eigenvalue weighted by Crippen LogP contribution is -2.29. The molecular weight excluding hydrogens is 436 g/mol. The third kappa shape index (κ3) is 5.00. The van der Waals surface area contributed by atoms with Gasteiger partial charge in [0.25, 0.3) is 0 Å².